The first-order chi connectivity index (χ1) is 17.8. The van der Waals surface area contributed by atoms with Crippen molar-refractivity contribution in [3.05, 3.63) is 25.0 Å². The molecule has 5 heterocycles. The van der Waals surface area contributed by atoms with Crippen molar-refractivity contribution in [1.29, 1.82) is 0 Å². The molecule has 196 valence electrons. The Labute approximate surface area is 212 Å². The lowest BCUT2D eigenvalue weighted by Gasteiger charge is -2.31. The first-order valence-corrected chi connectivity index (χ1v) is 14.0. The zero-order valence-corrected chi connectivity index (χ0v) is 21.1. The molecule has 0 unspecified atom stereocenters. The standard InChI is InChI=1S/C27H39N5O4/c33-17-20-22-23(26(34-20)32-19-29-21-24-28-15-16-31(24)18-30-25(21)32)36-27(35-22)13-11-9-7-5-3-1-2-4-6-8-10-12-14-27/h15-16,18-20,22-23,26,33H,1-14,17H2/t20-,22-,23-,26-/m1/s1. The van der Waals surface area contributed by atoms with Gasteiger partial charge in [0, 0.05) is 25.2 Å². The molecule has 0 amide bonds. The van der Waals surface area contributed by atoms with E-state index < -0.39 is 18.1 Å². The molecule has 0 aromatic carbocycles. The van der Waals surface area contributed by atoms with Crippen LogP contribution in [-0.4, -0.2) is 59.7 Å². The van der Waals surface area contributed by atoms with E-state index in [1.54, 1.807) is 18.9 Å². The molecule has 2 aliphatic heterocycles. The van der Waals surface area contributed by atoms with Gasteiger partial charge in [-0.1, -0.05) is 64.2 Å². The van der Waals surface area contributed by atoms with Gasteiger partial charge in [-0.2, -0.15) is 0 Å². The second-order valence-corrected chi connectivity index (χ2v) is 10.8. The van der Waals surface area contributed by atoms with Gasteiger partial charge in [0.25, 0.3) is 0 Å². The van der Waals surface area contributed by atoms with Crippen molar-refractivity contribution in [2.45, 2.75) is 120 Å². The van der Waals surface area contributed by atoms with Crippen molar-refractivity contribution in [3.8, 4) is 0 Å². The Morgan fingerprint density at radius 2 is 1.42 bits per heavy atom. The molecule has 1 spiro atoms. The summed E-state index contributed by atoms with van der Waals surface area (Å²) in [6.07, 6.45) is 22.7. The molecule has 3 aromatic rings. The fourth-order valence-electron chi connectivity index (χ4n) is 6.32. The van der Waals surface area contributed by atoms with Crippen LogP contribution in [0.5, 0.6) is 0 Å². The van der Waals surface area contributed by atoms with E-state index in [-0.39, 0.29) is 18.8 Å². The molecule has 2 saturated heterocycles. The first-order valence-electron chi connectivity index (χ1n) is 14.0. The van der Waals surface area contributed by atoms with Gasteiger partial charge in [-0.3, -0.25) is 8.97 Å². The molecule has 1 N–H and O–H groups in total. The predicted octanol–water partition coefficient (Wildman–Crippen LogP) is 4.92. The van der Waals surface area contributed by atoms with E-state index in [0.29, 0.717) is 5.65 Å². The molecule has 3 aliphatic rings. The highest BCUT2D eigenvalue weighted by molar-refractivity contribution is 5.85. The molecule has 4 atom stereocenters. The van der Waals surface area contributed by atoms with Crippen molar-refractivity contribution < 1.29 is 19.3 Å². The summed E-state index contributed by atoms with van der Waals surface area (Å²) < 4.78 is 23.6. The Morgan fingerprint density at radius 1 is 0.778 bits per heavy atom. The molecule has 0 radical (unpaired) electrons. The van der Waals surface area contributed by atoms with Crippen LogP contribution in [0, 0.1) is 0 Å². The largest absolute Gasteiger partial charge is 0.394 e. The summed E-state index contributed by atoms with van der Waals surface area (Å²) in [5.74, 6) is -0.606. The molecule has 36 heavy (non-hydrogen) atoms. The fraction of sp³-hybridized carbons (Fsp3) is 0.741. The average molecular weight is 498 g/mol. The summed E-state index contributed by atoms with van der Waals surface area (Å²) in [6.45, 7) is -0.109. The van der Waals surface area contributed by atoms with Gasteiger partial charge in [0.1, 0.15) is 24.6 Å². The van der Waals surface area contributed by atoms with E-state index >= 15 is 0 Å². The summed E-state index contributed by atoms with van der Waals surface area (Å²) in [5, 5.41) is 10.2. The zero-order chi connectivity index (χ0) is 24.4. The number of imidazole rings is 2. The third kappa shape index (κ3) is 4.66. The van der Waals surface area contributed by atoms with E-state index in [0.717, 1.165) is 36.8 Å². The zero-order valence-electron chi connectivity index (χ0n) is 21.1. The van der Waals surface area contributed by atoms with Crippen molar-refractivity contribution in [2.24, 2.45) is 0 Å². The third-order valence-electron chi connectivity index (χ3n) is 8.26. The quantitative estimate of drug-likeness (QED) is 0.537. The summed E-state index contributed by atoms with van der Waals surface area (Å²) in [7, 11) is 0. The Morgan fingerprint density at radius 3 is 2.08 bits per heavy atom. The SMILES string of the molecule is OC[C@H]1O[C@@H](n2cnc3c2ncn2ccnc32)[C@@H]2OC3(CCCCCCCCCCCCCC3)O[C@@H]21. The number of aromatic nitrogens is 5. The van der Waals surface area contributed by atoms with Gasteiger partial charge in [0.15, 0.2) is 28.8 Å². The predicted molar refractivity (Wildman–Crippen MR) is 134 cm³/mol. The van der Waals surface area contributed by atoms with Gasteiger partial charge in [0.2, 0.25) is 0 Å². The minimum atomic E-state index is -0.606. The minimum absolute atomic E-state index is 0.109. The molecular weight excluding hydrogens is 458 g/mol. The van der Waals surface area contributed by atoms with Crippen LogP contribution in [0.2, 0.25) is 0 Å². The number of ether oxygens (including phenoxy) is 3. The van der Waals surface area contributed by atoms with Crippen LogP contribution in [0.25, 0.3) is 16.8 Å². The van der Waals surface area contributed by atoms with Crippen LogP contribution in [-0.2, 0) is 14.2 Å². The summed E-state index contributed by atoms with van der Waals surface area (Å²) in [5.41, 5.74) is 2.18. The number of aliphatic hydroxyl groups excluding tert-OH is 1. The van der Waals surface area contributed by atoms with Crippen molar-refractivity contribution in [3.63, 3.8) is 0 Å². The number of rotatable bonds is 2. The Kier molecular flexibility index (Phi) is 7.24. The lowest BCUT2D eigenvalue weighted by atomic mass is 9.99. The summed E-state index contributed by atoms with van der Waals surface area (Å²) in [6, 6.07) is 0. The maximum absolute atomic E-state index is 10.2. The average Bonchev–Trinajstić information content (AvgIpc) is 3.65. The molecule has 3 fully saturated rings. The molecule has 3 aromatic heterocycles. The van der Waals surface area contributed by atoms with Crippen molar-refractivity contribution >= 4 is 16.8 Å². The minimum Gasteiger partial charge on any atom is -0.394 e. The number of nitrogens with zero attached hydrogens (tertiary/aromatic N) is 5. The Hall–Kier alpha value is -2.07. The molecule has 9 nitrogen and oxygen atoms in total. The van der Waals surface area contributed by atoms with Crippen molar-refractivity contribution in [1.82, 2.24) is 23.9 Å². The Balaban J connectivity index is 1.24. The fourth-order valence-corrected chi connectivity index (χ4v) is 6.32. The van der Waals surface area contributed by atoms with Gasteiger partial charge in [0.05, 0.1) is 12.9 Å². The van der Waals surface area contributed by atoms with Gasteiger partial charge in [-0.25, -0.2) is 15.0 Å². The normalized spacial score (nSPS) is 30.5. The summed E-state index contributed by atoms with van der Waals surface area (Å²) in [4.78, 5) is 13.7. The smallest absolute Gasteiger partial charge is 0.169 e. The van der Waals surface area contributed by atoms with Crippen LogP contribution in [0.4, 0.5) is 0 Å². The van der Waals surface area contributed by atoms with Crippen molar-refractivity contribution in [2.75, 3.05) is 6.61 Å². The van der Waals surface area contributed by atoms with Crippen LogP contribution >= 0.6 is 0 Å². The molecule has 1 saturated carbocycles. The molecule has 0 bridgehead atoms. The number of aliphatic hydroxyl groups is 1. The molecular formula is C27H39N5O4. The third-order valence-corrected chi connectivity index (χ3v) is 8.26. The molecule has 1 aliphatic carbocycles. The highest BCUT2D eigenvalue weighted by Crippen LogP contribution is 2.47. The lowest BCUT2D eigenvalue weighted by molar-refractivity contribution is -0.227. The van der Waals surface area contributed by atoms with Gasteiger partial charge >= 0.3 is 0 Å². The van der Waals surface area contributed by atoms with Crippen LogP contribution in [0.15, 0.2) is 25.0 Å². The van der Waals surface area contributed by atoms with E-state index in [2.05, 4.69) is 15.0 Å². The number of hydrogen-bond donors (Lipinski definition) is 1. The summed E-state index contributed by atoms with van der Waals surface area (Å²) >= 11 is 0. The molecule has 9 heteroatoms. The maximum Gasteiger partial charge on any atom is 0.169 e. The van der Waals surface area contributed by atoms with E-state index in [1.807, 2.05) is 15.2 Å². The number of fused-ring (bicyclic) bond motifs is 4. The topological polar surface area (TPSA) is 95.9 Å². The van der Waals surface area contributed by atoms with Crippen LogP contribution < -0.4 is 0 Å². The van der Waals surface area contributed by atoms with E-state index in [9.17, 15) is 5.11 Å². The van der Waals surface area contributed by atoms with Gasteiger partial charge < -0.3 is 19.3 Å². The Bertz CT molecular complexity index is 1130. The maximum atomic E-state index is 10.2. The van der Waals surface area contributed by atoms with Crippen LogP contribution in [0.3, 0.4) is 0 Å². The van der Waals surface area contributed by atoms with E-state index in [1.165, 1.54) is 64.2 Å². The first kappa shape index (κ1) is 24.3. The van der Waals surface area contributed by atoms with Crippen LogP contribution in [0.1, 0.15) is 96.1 Å². The highest BCUT2D eigenvalue weighted by Gasteiger charge is 2.58. The number of hydrogen-bond acceptors (Lipinski definition) is 7. The second kappa shape index (κ2) is 10.7. The lowest BCUT2D eigenvalue weighted by Crippen LogP contribution is -2.36. The van der Waals surface area contributed by atoms with E-state index in [4.69, 9.17) is 14.2 Å². The molecule has 6 rings (SSSR count). The highest BCUT2D eigenvalue weighted by atomic mass is 16.8. The second-order valence-electron chi connectivity index (χ2n) is 10.8. The van der Waals surface area contributed by atoms with Gasteiger partial charge in [-0.15, -0.1) is 0 Å². The van der Waals surface area contributed by atoms with Gasteiger partial charge in [-0.05, 0) is 12.8 Å². The monoisotopic (exact) mass is 497 g/mol.